The third kappa shape index (κ3) is 4.67. The van der Waals surface area contributed by atoms with E-state index in [4.69, 9.17) is 4.42 Å². The molecule has 272 valence electrons. The van der Waals surface area contributed by atoms with Gasteiger partial charge in [0.15, 0.2) is 0 Å². The quantitative estimate of drug-likeness (QED) is 0.130. The third-order valence-electron chi connectivity index (χ3n) is 12.8. The van der Waals surface area contributed by atoms with Crippen LogP contribution < -0.4 is 0 Å². The minimum Gasteiger partial charge on any atom is -0.455 e. The normalized spacial score (nSPS) is 12.1. The van der Waals surface area contributed by atoms with E-state index in [9.17, 15) is 0 Å². The topological polar surface area (TPSA) is 13.1 Å². The Morgan fingerprint density at radius 2 is 0.729 bits per heavy atom. The maximum Gasteiger partial charge on any atom is 0.143 e. The summed E-state index contributed by atoms with van der Waals surface area (Å²) >= 11 is 0. The van der Waals surface area contributed by atoms with Gasteiger partial charge in [0, 0.05) is 16.2 Å². The molecule has 0 amide bonds. The Labute approximate surface area is 340 Å². The molecule has 12 aromatic carbocycles. The lowest BCUT2D eigenvalue weighted by molar-refractivity contribution is 0.673. The fourth-order valence-corrected chi connectivity index (χ4v) is 10.2. The predicted molar refractivity (Wildman–Crippen MR) is 253 cm³/mol. The lowest BCUT2D eigenvalue weighted by Crippen LogP contribution is -1.91. The molecule has 13 rings (SSSR count). The molecule has 0 bridgehead atoms. The number of hydrogen-bond donors (Lipinski definition) is 0. The van der Waals surface area contributed by atoms with Crippen LogP contribution in [-0.4, -0.2) is 0 Å². The molecule has 0 aliphatic rings. The van der Waals surface area contributed by atoms with Crippen LogP contribution in [0.4, 0.5) is 0 Å². The molecule has 0 saturated carbocycles. The van der Waals surface area contributed by atoms with Crippen molar-refractivity contribution in [2.24, 2.45) is 0 Å². The highest BCUT2D eigenvalue weighted by Gasteiger charge is 2.21. The van der Waals surface area contributed by atoms with Gasteiger partial charge in [0.05, 0.1) is 0 Å². The van der Waals surface area contributed by atoms with Crippen molar-refractivity contribution in [2.45, 2.75) is 0 Å². The first-order valence-electron chi connectivity index (χ1n) is 20.4. The zero-order chi connectivity index (χ0) is 38.6. The second-order valence-corrected chi connectivity index (χ2v) is 15.9. The summed E-state index contributed by atoms with van der Waals surface area (Å²) in [7, 11) is 0. The second-order valence-electron chi connectivity index (χ2n) is 15.9. The van der Waals surface area contributed by atoms with Crippen LogP contribution in [0.1, 0.15) is 0 Å². The van der Waals surface area contributed by atoms with E-state index < -0.39 is 0 Å². The molecule has 1 nitrogen and oxygen atoms in total. The van der Waals surface area contributed by atoms with E-state index in [0.717, 1.165) is 16.6 Å². The lowest BCUT2D eigenvalue weighted by Gasteiger charge is -2.19. The maximum atomic E-state index is 6.92. The van der Waals surface area contributed by atoms with Gasteiger partial charge in [-0.25, -0.2) is 0 Å². The largest absolute Gasteiger partial charge is 0.455 e. The van der Waals surface area contributed by atoms with E-state index in [-0.39, 0.29) is 0 Å². The SMILES string of the molecule is c1ccc2c(-c3c4ccccc4c(-c4ccc5cc(-c6cc7oc8c9ccccc9c9ccccc9c8c7c7ccccc67)ccc5c4)c4ccccc34)cccc2c1. The number of hydrogen-bond acceptors (Lipinski definition) is 1. The molecule has 13 aromatic rings. The van der Waals surface area contributed by atoms with Crippen LogP contribution in [0, 0.1) is 0 Å². The fourth-order valence-electron chi connectivity index (χ4n) is 10.2. The molecule has 0 aliphatic carbocycles. The van der Waals surface area contributed by atoms with Crippen molar-refractivity contribution in [2.75, 3.05) is 0 Å². The van der Waals surface area contributed by atoms with Crippen LogP contribution in [0.3, 0.4) is 0 Å². The van der Waals surface area contributed by atoms with E-state index in [1.807, 2.05) is 0 Å². The monoisotopic (exact) mass is 746 g/mol. The molecule has 0 atom stereocenters. The van der Waals surface area contributed by atoms with Crippen molar-refractivity contribution < 1.29 is 4.42 Å². The summed E-state index contributed by atoms with van der Waals surface area (Å²) in [5, 5.41) is 19.6. The Balaban J connectivity index is 1.01. The highest BCUT2D eigenvalue weighted by molar-refractivity contribution is 6.35. The van der Waals surface area contributed by atoms with Crippen LogP contribution in [0.25, 0.3) is 131 Å². The molecule has 0 spiro atoms. The van der Waals surface area contributed by atoms with Crippen LogP contribution >= 0.6 is 0 Å². The number of rotatable bonds is 3. The van der Waals surface area contributed by atoms with Gasteiger partial charge in [0.2, 0.25) is 0 Å². The molecule has 0 radical (unpaired) electrons. The van der Waals surface area contributed by atoms with Gasteiger partial charge in [-0.05, 0) is 122 Å². The zero-order valence-corrected chi connectivity index (χ0v) is 32.0. The van der Waals surface area contributed by atoms with Gasteiger partial charge in [-0.15, -0.1) is 0 Å². The molecule has 0 N–H and O–H groups in total. The predicted octanol–water partition coefficient (Wildman–Crippen LogP) is 16.7. The summed E-state index contributed by atoms with van der Waals surface area (Å²) in [5.41, 5.74) is 9.26. The summed E-state index contributed by atoms with van der Waals surface area (Å²) in [5.74, 6) is 0. The molecule has 59 heavy (non-hydrogen) atoms. The molecule has 0 unspecified atom stereocenters. The number of fused-ring (bicyclic) bond motifs is 14. The van der Waals surface area contributed by atoms with Crippen molar-refractivity contribution in [3.63, 3.8) is 0 Å². The fraction of sp³-hybridized carbons (Fsp3) is 0. The first kappa shape index (κ1) is 32.4. The minimum atomic E-state index is 0.913. The second kappa shape index (κ2) is 12.4. The molecule has 1 aromatic heterocycles. The van der Waals surface area contributed by atoms with E-state index in [1.165, 1.54) is 114 Å². The Morgan fingerprint density at radius 1 is 0.254 bits per heavy atom. The summed E-state index contributed by atoms with van der Waals surface area (Å²) in [4.78, 5) is 0. The van der Waals surface area contributed by atoms with Crippen molar-refractivity contribution in [1.29, 1.82) is 0 Å². The average Bonchev–Trinajstić information content (AvgIpc) is 3.71. The lowest BCUT2D eigenvalue weighted by atomic mass is 9.84. The van der Waals surface area contributed by atoms with Gasteiger partial charge in [-0.2, -0.15) is 0 Å². The molecule has 1 heteroatoms. The minimum absolute atomic E-state index is 0.913. The summed E-state index contributed by atoms with van der Waals surface area (Å²) in [6.45, 7) is 0. The van der Waals surface area contributed by atoms with Gasteiger partial charge < -0.3 is 4.42 Å². The average molecular weight is 747 g/mol. The van der Waals surface area contributed by atoms with Crippen LogP contribution in [-0.2, 0) is 0 Å². The van der Waals surface area contributed by atoms with Crippen molar-refractivity contribution in [1.82, 2.24) is 0 Å². The molecule has 0 saturated heterocycles. The van der Waals surface area contributed by atoms with Gasteiger partial charge in [0.25, 0.3) is 0 Å². The smallest absolute Gasteiger partial charge is 0.143 e. The van der Waals surface area contributed by atoms with Crippen molar-refractivity contribution in [3.05, 3.63) is 206 Å². The zero-order valence-electron chi connectivity index (χ0n) is 32.0. The summed E-state index contributed by atoms with van der Waals surface area (Å²) < 4.78 is 6.92. The molecular weight excluding hydrogens is 713 g/mol. The van der Waals surface area contributed by atoms with Crippen molar-refractivity contribution >= 4 is 97.3 Å². The Bertz CT molecular complexity index is 3840. The first-order chi connectivity index (χ1) is 29.3. The Hall–Kier alpha value is -7.74. The van der Waals surface area contributed by atoms with Gasteiger partial charge in [-0.1, -0.05) is 188 Å². The standard InChI is InChI=1S/C58H34O/c1-2-16-40-35(14-1)15-13-27-44(40)55-49-24-10-8-22-47(49)54(48-23-9-11-25-50(48)55)39-31-29-36-32-38(30-28-37(36)33-39)52-34-53-56(45-20-6-4-19-43(45)52)57-46-21-7-3-17-41(46)42-18-5-12-26-51(42)58(57)59-53/h1-34H. The molecular formula is C58H34O. The summed E-state index contributed by atoms with van der Waals surface area (Å²) in [6.07, 6.45) is 0. The highest BCUT2D eigenvalue weighted by atomic mass is 16.3. The van der Waals surface area contributed by atoms with Gasteiger partial charge >= 0.3 is 0 Å². The van der Waals surface area contributed by atoms with E-state index in [2.05, 4.69) is 206 Å². The Morgan fingerprint density at radius 3 is 1.41 bits per heavy atom. The molecule has 1 heterocycles. The number of benzene rings is 12. The van der Waals surface area contributed by atoms with Crippen LogP contribution in [0.5, 0.6) is 0 Å². The van der Waals surface area contributed by atoms with Crippen molar-refractivity contribution in [3.8, 4) is 33.4 Å². The van der Waals surface area contributed by atoms with E-state index in [1.54, 1.807) is 0 Å². The van der Waals surface area contributed by atoms with E-state index in [0.29, 0.717) is 0 Å². The van der Waals surface area contributed by atoms with Crippen LogP contribution in [0.15, 0.2) is 211 Å². The van der Waals surface area contributed by atoms with Crippen LogP contribution in [0.2, 0.25) is 0 Å². The van der Waals surface area contributed by atoms with Gasteiger partial charge in [-0.3, -0.25) is 0 Å². The summed E-state index contributed by atoms with van der Waals surface area (Å²) in [6, 6.07) is 75.7. The van der Waals surface area contributed by atoms with E-state index >= 15 is 0 Å². The number of furan rings is 1. The molecule has 0 fully saturated rings. The first-order valence-corrected chi connectivity index (χ1v) is 20.4. The maximum absolute atomic E-state index is 6.92. The Kier molecular flexibility index (Phi) is 6.79. The van der Waals surface area contributed by atoms with Gasteiger partial charge in [0.1, 0.15) is 11.2 Å². The molecule has 0 aliphatic heterocycles. The third-order valence-corrected chi connectivity index (χ3v) is 12.8. The highest BCUT2D eigenvalue weighted by Crippen LogP contribution is 2.48.